The first kappa shape index (κ1) is 19.2. The predicted molar refractivity (Wildman–Crippen MR) is 97.0 cm³/mol. The number of benzene rings is 1. The highest BCUT2D eigenvalue weighted by molar-refractivity contribution is 6.00. The third kappa shape index (κ3) is 5.16. The lowest BCUT2D eigenvalue weighted by atomic mass is 9.94. The van der Waals surface area contributed by atoms with Gasteiger partial charge >= 0.3 is 0 Å². The Bertz CT molecular complexity index is 600. The number of carbonyl (C=O) groups excluding carboxylic acids is 1. The molecule has 0 unspecified atom stereocenters. The molecule has 1 saturated carbocycles. The Morgan fingerprint density at radius 2 is 2.08 bits per heavy atom. The van der Waals surface area contributed by atoms with E-state index in [9.17, 15) is 14.9 Å². The SMILES string of the molecule is COCCCNc1ccc([N+](=O)[O-])cc1C(=O)N(C)C1CCCCC1. The molecule has 138 valence electrons. The molecule has 0 heterocycles. The number of carbonyl (C=O) groups is 1. The zero-order chi connectivity index (χ0) is 18.2. The molecule has 1 aliphatic carbocycles. The largest absolute Gasteiger partial charge is 0.385 e. The van der Waals surface area contributed by atoms with E-state index in [1.807, 2.05) is 0 Å². The van der Waals surface area contributed by atoms with Crippen LogP contribution in [-0.4, -0.2) is 49.1 Å². The van der Waals surface area contributed by atoms with E-state index in [0.29, 0.717) is 24.4 Å². The van der Waals surface area contributed by atoms with Gasteiger partial charge in [-0.25, -0.2) is 0 Å². The van der Waals surface area contributed by atoms with Crippen LogP contribution >= 0.6 is 0 Å². The number of hydrogen-bond acceptors (Lipinski definition) is 5. The number of amides is 1. The van der Waals surface area contributed by atoms with Crippen molar-refractivity contribution in [3.05, 3.63) is 33.9 Å². The van der Waals surface area contributed by atoms with Gasteiger partial charge < -0.3 is 15.0 Å². The lowest BCUT2D eigenvalue weighted by molar-refractivity contribution is -0.384. The highest BCUT2D eigenvalue weighted by Crippen LogP contribution is 2.27. The van der Waals surface area contributed by atoms with Gasteiger partial charge in [0.1, 0.15) is 0 Å². The fourth-order valence-corrected chi connectivity index (χ4v) is 3.24. The maximum atomic E-state index is 13.0. The fraction of sp³-hybridized carbons (Fsp3) is 0.611. The number of hydrogen-bond donors (Lipinski definition) is 1. The highest BCUT2D eigenvalue weighted by Gasteiger charge is 2.26. The van der Waals surface area contributed by atoms with Crippen molar-refractivity contribution >= 4 is 17.3 Å². The summed E-state index contributed by atoms with van der Waals surface area (Å²) in [7, 11) is 3.44. The summed E-state index contributed by atoms with van der Waals surface area (Å²) in [5, 5.41) is 14.3. The van der Waals surface area contributed by atoms with E-state index in [4.69, 9.17) is 4.74 Å². The van der Waals surface area contributed by atoms with Crippen LogP contribution in [0.5, 0.6) is 0 Å². The molecule has 25 heavy (non-hydrogen) atoms. The third-order valence-electron chi connectivity index (χ3n) is 4.73. The molecule has 1 fully saturated rings. The first-order valence-electron chi connectivity index (χ1n) is 8.83. The molecule has 2 rings (SSSR count). The van der Waals surface area contributed by atoms with Crippen molar-refractivity contribution < 1.29 is 14.5 Å². The van der Waals surface area contributed by atoms with E-state index in [0.717, 1.165) is 32.1 Å². The molecule has 0 radical (unpaired) electrons. The first-order valence-corrected chi connectivity index (χ1v) is 8.83. The third-order valence-corrected chi connectivity index (χ3v) is 4.73. The maximum Gasteiger partial charge on any atom is 0.270 e. The molecule has 0 saturated heterocycles. The Hall–Kier alpha value is -2.15. The fourth-order valence-electron chi connectivity index (χ4n) is 3.24. The van der Waals surface area contributed by atoms with Crippen LogP contribution < -0.4 is 5.32 Å². The molecule has 0 spiro atoms. The maximum absolute atomic E-state index is 13.0. The van der Waals surface area contributed by atoms with Crippen molar-refractivity contribution in [3.8, 4) is 0 Å². The van der Waals surface area contributed by atoms with Gasteiger partial charge in [-0.2, -0.15) is 0 Å². The Morgan fingerprint density at radius 1 is 1.36 bits per heavy atom. The molecule has 7 heteroatoms. The van der Waals surface area contributed by atoms with Crippen LogP contribution in [0.1, 0.15) is 48.9 Å². The van der Waals surface area contributed by atoms with E-state index in [2.05, 4.69) is 5.32 Å². The van der Waals surface area contributed by atoms with E-state index >= 15 is 0 Å². The summed E-state index contributed by atoms with van der Waals surface area (Å²) in [6.45, 7) is 1.25. The molecule has 1 aromatic rings. The summed E-state index contributed by atoms with van der Waals surface area (Å²) < 4.78 is 5.02. The Kier molecular flexibility index (Phi) is 7.18. The van der Waals surface area contributed by atoms with Gasteiger partial charge in [-0.3, -0.25) is 14.9 Å². The molecular weight excluding hydrogens is 322 g/mol. The molecular formula is C18H27N3O4. The molecule has 1 aliphatic rings. The van der Waals surface area contributed by atoms with Crippen molar-refractivity contribution in [2.75, 3.05) is 32.6 Å². The van der Waals surface area contributed by atoms with Gasteiger partial charge in [-0.05, 0) is 25.3 Å². The van der Waals surface area contributed by atoms with E-state index in [1.54, 1.807) is 25.1 Å². The Balaban J connectivity index is 2.19. The van der Waals surface area contributed by atoms with Crippen LogP contribution in [0.2, 0.25) is 0 Å². The molecule has 7 nitrogen and oxygen atoms in total. The molecule has 0 aliphatic heterocycles. The second kappa shape index (κ2) is 9.36. The number of rotatable bonds is 8. The number of anilines is 1. The molecule has 1 N–H and O–H groups in total. The van der Waals surface area contributed by atoms with Gasteiger partial charge in [0, 0.05) is 51.2 Å². The number of nitrogens with zero attached hydrogens (tertiary/aromatic N) is 2. The second-order valence-electron chi connectivity index (χ2n) is 6.47. The number of methoxy groups -OCH3 is 1. The lowest BCUT2D eigenvalue weighted by Gasteiger charge is -2.31. The van der Waals surface area contributed by atoms with E-state index in [1.165, 1.54) is 18.6 Å². The smallest absolute Gasteiger partial charge is 0.270 e. The van der Waals surface area contributed by atoms with Crippen molar-refractivity contribution in [1.29, 1.82) is 0 Å². The number of nitro benzene ring substituents is 1. The average molecular weight is 349 g/mol. The number of non-ortho nitro benzene ring substituents is 1. The molecule has 1 aromatic carbocycles. The minimum Gasteiger partial charge on any atom is -0.385 e. The van der Waals surface area contributed by atoms with Gasteiger partial charge in [-0.1, -0.05) is 19.3 Å². The lowest BCUT2D eigenvalue weighted by Crippen LogP contribution is -2.38. The summed E-state index contributed by atoms with van der Waals surface area (Å²) in [5.41, 5.74) is 0.928. The van der Waals surface area contributed by atoms with Crippen LogP contribution in [0.25, 0.3) is 0 Å². The van der Waals surface area contributed by atoms with Crippen LogP contribution in [0.4, 0.5) is 11.4 Å². The van der Waals surface area contributed by atoms with Gasteiger partial charge in [0.05, 0.1) is 10.5 Å². The van der Waals surface area contributed by atoms with Crippen molar-refractivity contribution in [2.24, 2.45) is 0 Å². The zero-order valence-corrected chi connectivity index (χ0v) is 15.0. The summed E-state index contributed by atoms with van der Waals surface area (Å²) in [6, 6.07) is 4.63. The Morgan fingerprint density at radius 3 is 2.72 bits per heavy atom. The van der Waals surface area contributed by atoms with Crippen molar-refractivity contribution in [3.63, 3.8) is 0 Å². The molecule has 0 atom stereocenters. The normalized spacial score (nSPS) is 15.0. The van der Waals surface area contributed by atoms with Gasteiger partial charge in [-0.15, -0.1) is 0 Å². The van der Waals surface area contributed by atoms with Gasteiger partial charge in [0.2, 0.25) is 0 Å². The van der Waals surface area contributed by atoms with E-state index < -0.39 is 4.92 Å². The second-order valence-corrected chi connectivity index (χ2v) is 6.47. The average Bonchev–Trinajstić information content (AvgIpc) is 2.64. The van der Waals surface area contributed by atoms with Gasteiger partial charge in [0.15, 0.2) is 0 Å². The summed E-state index contributed by atoms with van der Waals surface area (Å²) in [6.07, 6.45) is 6.24. The minimum atomic E-state index is -0.466. The molecule has 1 amide bonds. The number of nitro groups is 1. The van der Waals surface area contributed by atoms with Crippen LogP contribution in [0, 0.1) is 10.1 Å². The first-order chi connectivity index (χ1) is 12.0. The summed E-state index contributed by atoms with van der Waals surface area (Å²) in [4.78, 5) is 25.4. The zero-order valence-electron chi connectivity index (χ0n) is 15.0. The highest BCUT2D eigenvalue weighted by atomic mass is 16.6. The minimum absolute atomic E-state index is 0.0668. The van der Waals surface area contributed by atoms with Crippen molar-refractivity contribution in [2.45, 2.75) is 44.6 Å². The van der Waals surface area contributed by atoms with E-state index in [-0.39, 0.29) is 17.6 Å². The number of ether oxygens (including phenoxy) is 1. The Labute approximate surface area is 148 Å². The van der Waals surface area contributed by atoms with Gasteiger partial charge in [0.25, 0.3) is 11.6 Å². The summed E-state index contributed by atoms with van der Waals surface area (Å²) >= 11 is 0. The van der Waals surface area contributed by atoms with Crippen LogP contribution in [0.3, 0.4) is 0 Å². The van der Waals surface area contributed by atoms with Crippen LogP contribution in [-0.2, 0) is 4.74 Å². The quantitative estimate of drug-likeness (QED) is 0.441. The van der Waals surface area contributed by atoms with Crippen LogP contribution in [0.15, 0.2) is 18.2 Å². The standard InChI is InChI=1S/C18H27N3O4/c1-20(14-7-4-3-5-8-14)18(22)16-13-15(21(23)24)9-10-17(16)19-11-6-12-25-2/h9-10,13-14,19H,3-8,11-12H2,1-2H3. The molecule has 0 aromatic heterocycles. The topological polar surface area (TPSA) is 84.7 Å². The summed E-state index contributed by atoms with van der Waals surface area (Å²) in [5.74, 6) is -0.162. The monoisotopic (exact) mass is 349 g/mol. The predicted octanol–water partition coefficient (Wildman–Crippen LogP) is 3.45. The number of nitrogens with one attached hydrogen (secondary N) is 1. The molecule has 0 bridgehead atoms. The van der Waals surface area contributed by atoms with Crippen molar-refractivity contribution in [1.82, 2.24) is 4.90 Å².